The molecule has 0 unspecified atom stereocenters. The molecule has 90 heavy (non-hydrogen) atoms. The summed E-state index contributed by atoms with van der Waals surface area (Å²) in [6.45, 7) is 35.2. The molecular formula is C82H70N8. The molecule has 3 aromatic heterocycles. The molecule has 13 rings (SSSR count). The van der Waals surface area contributed by atoms with E-state index in [2.05, 4.69) is 237 Å². The van der Waals surface area contributed by atoms with Crippen LogP contribution in [0.15, 0.2) is 206 Å². The fraction of sp³-hybridized carbons (Fsp3) is 0.195. The Labute approximate surface area is 527 Å². The number of fused-ring (bicyclic) bond motifs is 6. The van der Waals surface area contributed by atoms with Gasteiger partial charge < -0.3 is 9.13 Å². The number of rotatable bonds is 8. The van der Waals surface area contributed by atoms with E-state index in [0.717, 1.165) is 105 Å². The first-order valence-corrected chi connectivity index (χ1v) is 30.8. The van der Waals surface area contributed by atoms with Gasteiger partial charge in [-0.15, -0.1) is 0 Å². The molecule has 0 aliphatic carbocycles. The third kappa shape index (κ3) is 10.7. The second kappa shape index (κ2) is 21.8. The van der Waals surface area contributed by atoms with Crippen LogP contribution in [0, 0.1) is 29.2 Å². The lowest BCUT2D eigenvalue weighted by Gasteiger charge is -2.20. The monoisotopic (exact) mass is 1170 g/mol. The van der Waals surface area contributed by atoms with Crippen LogP contribution in [0.4, 0.5) is 5.69 Å². The van der Waals surface area contributed by atoms with Crippen LogP contribution in [0.5, 0.6) is 0 Å². The number of nitrogens with zero attached hydrogens (tertiary/aromatic N) is 8. The van der Waals surface area contributed by atoms with Gasteiger partial charge in [0.25, 0.3) is 0 Å². The average Bonchev–Trinajstić information content (AvgIpc) is 1.58. The fourth-order valence-electron chi connectivity index (χ4n) is 12.5. The number of nitriles is 2. The predicted molar refractivity (Wildman–Crippen MR) is 372 cm³/mol. The van der Waals surface area contributed by atoms with Gasteiger partial charge in [0, 0.05) is 49.4 Å². The van der Waals surface area contributed by atoms with Gasteiger partial charge in [0.05, 0.1) is 63.3 Å². The molecule has 0 aliphatic heterocycles. The van der Waals surface area contributed by atoms with Crippen molar-refractivity contribution in [2.75, 3.05) is 0 Å². The minimum Gasteiger partial charge on any atom is -0.309 e. The predicted octanol–water partition coefficient (Wildman–Crippen LogP) is 21.6. The summed E-state index contributed by atoms with van der Waals surface area (Å²) in [5.74, 6) is 1.40. The van der Waals surface area contributed by atoms with Crippen LogP contribution in [0.2, 0.25) is 0 Å². The van der Waals surface area contributed by atoms with E-state index in [9.17, 15) is 10.5 Å². The highest BCUT2D eigenvalue weighted by Crippen LogP contribution is 2.45. The van der Waals surface area contributed by atoms with Gasteiger partial charge in [0.15, 0.2) is 23.2 Å². The van der Waals surface area contributed by atoms with Crippen molar-refractivity contribution < 1.29 is 0 Å². The molecule has 0 atom stereocenters. The SMILES string of the molecule is [C-]#[N+]c1cccc(-c2ccc(-c3nc(-c4cccc(-c5cccc(C#N)c5)c4)nc(-c4ccc(-c5cccc(C#N)c5)c(-n5c6ccc(C(C)(C)C)cc6c6cc(C(C)(C)C)ccc65)c4)n3)cc2-n2c3ccc(C(C)(C)C)cc3c3cc(C(C)(C)C)ccc32)c1. The first-order chi connectivity index (χ1) is 42.9. The molecular weight excluding hydrogens is 1100 g/mol. The Morgan fingerprint density at radius 1 is 0.333 bits per heavy atom. The van der Waals surface area contributed by atoms with Crippen molar-refractivity contribution in [3.63, 3.8) is 0 Å². The quantitative estimate of drug-likeness (QED) is 0.141. The Kier molecular flexibility index (Phi) is 14.2. The van der Waals surface area contributed by atoms with Gasteiger partial charge in [-0.1, -0.05) is 192 Å². The van der Waals surface area contributed by atoms with Crippen molar-refractivity contribution in [2.45, 2.75) is 105 Å². The lowest BCUT2D eigenvalue weighted by Crippen LogP contribution is -2.10. The summed E-state index contributed by atoms with van der Waals surface area (Å²) < 4.78 is 4.75. The van der Waals surface area contributed by atoms with Crippen LogP contribution in [-0.4, -0.2) is 24.1 Å². The van der Waals surface area contributed by atoms with Crippen LogP contribution in [-0.2, 0) is 21.7 Å². The zero-order valence-corrected chi connectivity index (χ0v) is 53.2. The molecule has 0 aliphatic rings. The Morgan fingerprint density at radius 3 is 1.03 bits per heavy atom. The van der Waals surface area contributed by atoms with E-state index >= 15 is 0 Å². The van der Waals surface area contributed by atoms with Crippen LogP contribution < -0.4 is 0 Å². The van der Waals surface area contributed by atoms with Crippen molar-refractivity contribution >= 4 is 49.3 Å². The van der Waals surface area contributed by atoms with Crippen molar-refractivity contribution in [2.24, 2.45) is 0 Å². The normalized spacial score (nSPS) is 12.2. The summed E-state index contributed by atoms with van der Waals surface area (Å²) in [6, 6.07) is 76.6. The van der Waals surface area contributed by atoms with Gasteiger partial charge in [0.2, 0.25) is 0 Å². The van der Waals surface area contributed by atoms with E-state index in [4.69, 9.17) is 21.5 Å². The standard InChI is InChI=1S/C82H70N8/c1-79(2,3)59-28-34-70-66(44-59)67-45-60(80(4,5)6)29-35-71(67)89(70)74-42-57(26-32-64(74)54-22-15-19-51(39-54)49-84)77-86-76(56-24-16-21-53(40-56)52-20-14-18-50(38-52)48-83)87-78(88-77)58-27-33-65(55-23-17-25-63(41-55)85-13)75(43-58)90-72-36-30-61(81(7,8)9)46-68(72)69-47-62(82(10,11)12)31-37-73(69)90/h14-47H,1-12H3. The highest BCUT2D eigenvalue weighted by Gasteiger charge is 2.27. The lowest BCUT2D eigenvalue weighted by atomic mass is 9.85. The second-order valence-corrected chi connectivity index (χ2v) is 28.0. The van der Waals surface area contributed by atoms with E-state index in [-0.39, 0.29) is 21.7 Å². The zero-order chi connectivity index (χ0) is 63.2. The number of hydrogen-bond acceptors (Lipinski definition) is 5. The van der Waals surface area contributed by atoms with Crippen LogP contribution in [0.3, 0.4) is 0 Å². The minimum absolute atomic E-state index is 0.0941. The van der Waals surface area contributed by atoms with Crippen molar-refractivity contribution in [1.82, 2.24) is 24.1 Å². The molecule has 8 nitrogen and oxygen atoms in total. The van der Waals surface area contributed by atoms with E-state index in [1.807, 2.05) is 78.9 Å². The highest BCUT2D eigenvalue weighted by molar-refractivity contribution is 6.12. The summed E-state index contributed by atoms with van der Waals surface area (Å²) in [5.41, 5.74) is 20.1. The average molecular weight is 1170 g/mol. The minimum atomic E-state index is -0.0955. The number of hydrogen-bond donors (Lipinski definition) is 0. The van der Waals surface area contributed by atoms with Gasteiger partial charge in [-0.2, -0.15) is 10.5 Å². The highest BCUT2D eigenvalue weighted by atomic mass is 15.0. The molecule has 0 radical (unpaired) electrons. The Bertz CT molecular complexity index is 4800. The Balaban J connectivity index is 1.10. The fourth-order valence-corrected chi connectivity index (χ4v) is 12.5. The van der Waals surface area contributed by atoms with Gasteiger partial charge in [-0.3, -0.25) is 0 Å². The topological polar surface area (TPSA) is 100 Å². The van der Waals surface area contributed by atoms with Crippen molar-refractivity contribution in [3.8, 4) is 91.1 Å². The third-order valence-electron chi connectivity index (χ3n) is 17.7. The number of benzene rings is 10. The molecule has 10 aromatic carbocycles. The smallest absolute Gasteiger partial charge is 0.187 e. The largest absolute Gasteiger partial charge is 0.309 e. The first kappa shape index (κ1) is 58.3. The summed E-state index contributed by atoms with van der Waals surface area (Å²) >= 11 is 0. The van der Waals surface area contributed by atoms with Crippen LogP contribution in [0.1, 0.15) is 116 Å². The molecule has 3 heterocycles. The second-order valence-electron chi connectivity index (χ2n) is 28.0. The summed E-state index contributed by atoms with van der Waals surface area (Å²) in [4.78, 5) is 20.3. The van der Waals surface area contributed by atoms with Gasteiger partial charge in [0.1, 0.15) is 0 Å². The molecule has 13 aromatic rings. The molecule has 0 saturated heterocycles. The van der Waals surface area contributed by atoms with Crippen molar-refractivity contribution in [3.05, 3.63) is 251 Å². The third-order valence-corrected chi connectivity index (χ3v) is 17.7. The van der Waals surface area contributed by atoms with E-state index < -0.39 is 0 Å². The molecule has 8 heteroatoms. The van der Waals surface area contributed by atoms with Crippen LogP contribution >= 0.6 is 0 Å². The first-order valence-electron chi connectivity index (χ1n) is 30.8. The van der Waals surface area contributed by atoms with E-state index in [1.165, 1.54) is 22.3 Å². The zero-order valence-electron chi connectivity index (χ0n) is 53.2. The van der Waals surface area contributed by atoms with Crippen LogP contribution in [0.25, 0.3) is 127 Å². The van der Waals surface area contributed by atoms with E-state index in [1.54, 1.807) is 0 Å². The molecule has 0 N–H and O–H groups in total. The van der Waals surface area contributed by atoms with Crippen molar-refractivity contribution in [1.29, 1.82) is 10.5 Å². The van der Waals surface area contributed by atoms with Gasteiger partial charge in [-0.05, 0) is 163 Å². The molecule has 0 amide bonds. The summed E-state index contributed by atoms with van der Waals surface area (Å²) in [7, 11) is 0. The maximum atomic E-state index is 10.3. The molecule has 0 bridgehead atoms. The Hall–Kier alpha value is -10.7. The number of aromatic nitrogens is 5. The Morgan fingerprint density at radius 2 is 0.656 bits per heavy atom. The summed E-state index contributed by atoms with van der Waals surface area (Å²) in [6.07, 6.45) is 0. The molecule has 438 valence electrons. The summed E-state index contributed by atoms with van der Waals surface area (Å²) in [5, 5.41) is 24.9. The molecule has 0 saturated carbocycles. The van der Waals surface area contributed by atoms with Gasteiger partial charge in [-0.25, -0.2) is 19.8 Å². The maximum Gasteiger partial charge on any atom is 0.187 e. The van der Waals surface area contributed by atoms with E-state index in [0.29, 0.717) is 34.3 Å². The molecule has 0 spiro atoms. The lowest BCUT2D eigenvalue weighted by molar-refractivity contribution is 0.590. The molecule has 0 fully saturated rings. The van der Waals surface area contributed by atoms with Gasteiger partial charge >= 0.3 is 0 Å². The maximum absolute atomic E-state index is 10.3.